The third-order valence-corrected chi connectivity index (χ3v) is 5.72. The number of methoxy groups -OCH3 is 1. The van der Waals surface area contributed by atoms with Crippen LogP contribution in [0.1, 0.15) is 12.8 Å². The van der Waals surface area contributed by atoms with Gasteiger partial charge in [-0.3, -0.25) is 14.9 Å². The van der Waals surface area contributed by atoms with E-state index in [2.05, 4.69) is 0 Å². The number of non-ortho nitro benzene ring substituents is 1. The lowest BCUT2D eigenvalue weighted by Gasteiger charge is -2.29. The molecular weight excluding hydrogens is 328 g/mol. The van der Waals surface area contributed by atoms with Crippen molar-refractivity contribution in [1.82, 2.24) is 4.31 Å². The van der Waals surface area contributed by atoms with Crippen LogP contribution in [0.25, 0.3) is 0 Å². The first-order valence-electron chi connectivity index (χ1n) is 6.82. The average Bonchev–Trinajstić information content (AvgIpc) is 2.54. The Bertz CT molecular complexity index is 724. The molecule has 9 nitrogen and oxygen atoms in total. The van der Waals surface area contributed by atoms with E-state index in [0.717, 1.165) is 18.2 Å². The molecule has 0 unspecified atom stereocenters. The lowest BCUT2D eigenvalue weighted by atomic mass is 9.99. The Morgan fingerprint density at radius 3 is 2.48 bits per heavy atom. The van der Waals surface area contributed by atoms with Crippen molar-refractivity contribution in [3.8, 4) is 5.75 Å². The summed E-state index contributed by atoms with van der Waals surface area (Å²) in [5.41, 5.74) is -0.273. The molecule has 1 saturated heterocycles. The third kappa shape index (κ3) is 3.42. The predicted molar refractivity (Wildman–Crippen MR) is 78.8 cm³/mol. The van der Waals surface area contributed by atoms with Crippen molar-refractivity contribution in [3.05, 3.63) is 28.3 Å². The first-order chi connectivity index (χ1) is 10.8. The van der Waals surface area contributed by atoms with Crippen LogP contribution in [0.4, 0.5) is 5.69 Å². The van der Waals surface area contributed by atoms with Crippen LogP contribution >= 0.6 is 0 Å². The van der Waals surface area contributed by atoms with Gasteiger partial charge < -0.3 is 9.84 Å². The van der Waals surface area contributed by atoms with E-state index in [1.807, 2.05) is 0 Å². The van der Waals surface area contributed by atoms with Crippen LogP contribution in [-0.4, -0.2) is 48.9 Å². The van der Waals surface area contributed by atoms with E-state index in [0.29, 0.717) is 0 Å². The van der Waals surface area contributed by atoms with Gasteiger partial charge in [0.2, 0.25) is 10.0 Å². The number of hydrogen-bond acceptors (Lipinski definition) is 6. The lowest BCUT2D eigenvalue weighted by molar-refractivity contribution is -0.385. The van der Waals surface area contributed by atoms with E-state index >= 15 is 0 Å². The number of rotatable bonds is 5. The molecule has 23 heavy (non-hydrogen) atoms. The van der Waals surface area contributed by atoms with Crippen LogP contribution in [-0.2, 0) is 14.8 Å². The molecule has 2 rings (SSSR count). The normalized spacial score (nSPS) is 16.9. The second kappa shape index (κ2) is 6.50. The van der Waals surface area contributed by atoms with Gasteiger partial charge in [-0.05, 0) is 18.9 Å². The highest BCUT2D eigenvalue weighted by Crippen LogP contribution is 2.32. The van der Waals surface area contributed by atoms with Gasteiger partial charge in [0.05, 0.1) is 24.0 Å². The molecule has 0 bridgehead atoms. The predicted octanol–water partition coefficient (Wildman–Crippen LogP) is 1.09. The molecule has 126 valence electrons. The number of piperidine rings is 1. The Balaban J connectivity index is 2.30. The number of nitrogens with zero attached hydrogens (tertiary/aromatic N) is 2. The van der Waals surface area contributed by atoms with Crippen molar-refractivity contribution in [2.75, 3.05) is 20.2 Å². The molecule has 0 saturated carbocycles. The lowest BCUT2D eigenvalue weighted by Crippen LogP contribution is -2.40. The van der Waals surface area contributed by atoms with Crippen LogP contribution in [0.15, 0.2) is 23.1 Å². The van der Waals surface area contributed by atoms with Crippen LogP contribution in [0.5, 0.6) is 5.75 Å². The van der Waals surface area contributed by atoms with Gasteiger partial charge in [0, 0.05) is 19.2 Å². The molecule has 1 aromatic carbocycles. The second-order valence-electron chi connectivity index (χ2n) is 5.11. The number of carboxylic acid groups (broad SMARTS) is 1. The molecule has 1 aromatic rings. The second-order valence-corrected chi connectivity index (χ2v) is 7.02. The van der Waals surface area contributed by atoms with Gasteiger partial charge in [-0.25, -0.2) is 8.42 Å². The molecule has 0 amide bonds. The van der Waals surface area contributed by atoms with Gasteiger partial charge in [0.15, 0.2) is 0 Å². The molecule has 0 atom stereocenters. The van der Waals surface area contributed by atoms with Gasteiger partial charge in [0.25, 0.3) is 5.69 Å². The van der Waals surface area contributed by atoms with Gasteiger partial charge >= 0.3 is 5.97 Å². The summed E-state index contributed by atoms with van der Waals surface area (Å²) in [6.07, 6.45) is 0.452. The Morgan fingerprint density at radius 2 is 2.00 bits per heavy atom. The molecule has 10 heteroatoms. The summed E-state index contributed by atoms with van der Waals surface area (Å²) >= 11 is 0. The smallest absolute Gasteiger partial charge is 0.306 e. The zero-order valence-electron chi connectivity index (χ0n) is 12.3. The van der Waals surface area contributed by atoms with E-state index in [-0.39, 0.29) is 42.3 Å². The van der Waals surface area contributed by atoms with Gasteiger partial charge in [-0.15, -0.1) is 0 Å². The maximum Gasteiger partial charge on any atom is 0.306 e. The summed E-state index contributed by atoms with van der Waals surface area (Å²) < 4.78 is 31.5. The number of nitro benzene ring substituents is 1. The average molecular weight is 344 g/mol. The van der Waals surface area contributed by atoms with Crippen molar-refractivity contribution in [3.63, 3.8) is 0 Å². The van der Waals surface area contributed by atoms with Crippen LogP contribution in [0.3, 0.4) is 0 Å². The fourth-order valence-electron chi connectivity index (χ4n) is 2.47. The Labute approximate surface area is 132 Å². The Morgan fingerprint density at radius 1 is 1.39 bits per heavy atom. The van der Waals surface area contributed by atoms with Gasteiger partial charge in [0.1, 0.15) is 10.6 Å². The fourth-order valence-corrected chi connectivity index (χ4v) is 4.07. The maximum atomic E-state index is 12.7. The molecule has 0 spiro atoms. The number of benzene rings is 1. The summed E-state index contributed by atoms with van der Waals surface area (Å²) in [6, 6.07) is 3.28. The quantitative estimate of drug-likeness (QED) is 0.625. The van der Waals surface area contributed by atoms with E-state index in [9.17, 15) is 23.3 Å². The minimum atomic E-state index is -3.90. The van der Waals surface area contributed by atoms with Crippen molar-refractivity contribution < 1.29 is 28.0 Å². The fraction of sp³-hybridized carbons (Fsp3) is 0.462. The SMILES string of the molecule is COc1cc([N+](=O)[O-])ccc1S(=O)(=O)N1CCC(C(=O)O)CC1. The standard InChI is InChI=1S/C13H16N2O7S/c1-22-11-8-10(15(18)19)2-3-12(11)23(20,21)14-6-4-9(5-7-14)13(16)17/h2-3,8-9H,4-7H2,1H3,(H,16,17). The monoisotopic (exact) mass is 344 g/mol. The number of nitro groups is 1. The first kappa shape index (κ1) is 17.2. The molecule has 0 aliphatic carbocycles. The summed E-state index contributed by atoms with van der Waals surface area (Å²) in [5, 5.41) is 19.7. The van der Waals surface area contributed by atoms with E-state index < -0.39 is 26.8 Å². The van der Waals surface area contributed by atoms with Crippen molar-refractivity contribution in [2.45, 2.75) is 17.7 Å². The number of ether oxygens (including phenoxy) is 1. The number of sulfonamides is 1. The van der Waals surface area contributed by atoms with E-state index in [1.54, 1.807) is 0 Å². The number of hydrogen-bond donors (Lipinski definition) is 1. The molecular formula is C13H16N2O7S. The van der Waals surface area contributed by atoms with Crippen molar-refractivity contribution >= 4 is 21.7 Å². The zero-order valence-corrected chi connectivity index (χ0v) is 13.2. The molecule has 1 N–H and O–H groups in total. The first-order valence-corrected chi connectivity index (χ1v) is 8.26. The van der Waals surface area contributed by atoms with Gasteiger partial charge in [-0.1, -0.05) is 0 Å². The molecule has 1 heterocycles. The summed E-state index contributed by atoms with van der Waals surface area (Å²) in [4.78, 5) is 20.9. The van der Waals surface area contributed by atoms with E-state index in [1.165, 1.54) is 11.4 Å². The van der Waals surface area contributed by atoms with Gasteiger partial charge in [-0.2, -0.15) is 4.31 Å². The summed E-state index contributed by atoms with van der Waals surface area (Å²) in [5.74, 6) is -1.60. The molecule has 0 aromatic heterocycles. The van der Waals surface area contributed by atoms with Crippen LogP contribution in [0.2, 0.25) is 0 Å². The zero-order chi connectivity index (χ0) is 17.2. The van der Waals surface area contributed by atoms with Crippen LogP contribution in [0, 0.1) is 16.0 Å². The van der Waals surface area contributed by atoms with Crippen LogP contribution < -0.4 is 4.74 Å². The Hall–Kier alpha value is -2.20. The largest absolute Gasteiger partial charge is 0.495 e. The maximum absolute atomic E-state index is 12.7. The number of aliphatic carboxylic acids is 1. The molecule has 1 aliphatic heterocycles. The van der Waals surface area contributed by atoms with Crippen molar-refractivity contribution in [2.24, 2.45) is 5.92 Å². The highest BCUT2D eigenvalue weighted by Gasteiger charge is 2.34. The summed E-state index contributed by atoms with van der Waals surface area (Å²) in [7, 11) is -2.67. The highest BCUT2D eigenvalue weighted by atomic mass is 32.2. The molecule has 1 fully saturated rings. The topological polar surface area (TPSA) is 127 Å². The number of carboxylic acids is 1. The minimum absolute atomic E-state index is 0.0828. The van der Waals surface area contributed by atoms with Crippen molar-refractivity contribution in [1.29, 1.82) is 0 Å². The van der Waals surface area contributed by atoms with E-state index in [4.69, 9.17) is 9.84 Å². The Kier molecular flexibility index (Phi) is 4.85. The summed E-state index contributed by atoms with van der Waals surface area (Å²) in [6.45, 7) is 0.166. The minimum Gasteiger partial charge on any atom is -0.495 e. The molecule has 0 radical (unpaired) electrons. The number of carbonyl (C=O) groups is 1. The molecule has 1 aliphatic rings. The highest BCUT2D eigenvalue weighted by molar-refractivity contribution is 7.89. The third-order valence-electron chi connectivity index (χ3n) is 3.78.